The van der Waals surface area contributed by atoms with Gasteiger partial charge in [-0.1, -0.05) is 20.8 Å². The second-order valence-electron chi connectivity index (χ2n) is 4.12. The van der Waals surface area contributed by atoms with Crippen LogP contribution in [0.1, 0.15) is 33.6 Å². The standard InChI is InChI=1S/C10H20O/c1-7(2)9-5-6-10(11-4)8(9)3/h7-10H,5-6H2,1-4H3/t8-,9+,10-/m0/s1. The molecule has 0 aromatic carbocycles. The number of ether oxygens (including phenoxy) is 1. The van der Waals surface area contributed by atoms with E-state index in [1.165, 1.54) is 12.8 Å². The average Bonchev–Trinajstić information content (AvgIpc) is 2.30. The molecule has 0 bridgehead atoms. The van der Waals surface area contributed by atoms with Gasteiger partial charge in [0, 0.05) is 7.11 Å². The van der Waals surface area contributed by atoms with Gasteiger partial charge in [-0.15, -0.1) is 0 Å². The third-order valence-corrected chi connectivity index (χ3v) is 3.21. The first-order valence-corrected chi connectivity index (χ1v) is 4.69. The van der Waals surface area contributed by atoms with Crippen LogP contribution in [0.3, 0.4) is 0 Å². The fourth-order valence-electron chi connectivity index (χ4n) is 2.43. The lowest BCUT2D eigenvalue weighted by molar-refractivity contribution is 0.0629. The molecular weight excluding hydrogens is 136 g/mol. The molecule has 1 heteroatoms. The maximum absolute atomic E-state index is 5.40. The first-order chi connectivity index (χ1) is 5.16. The molecule has 0 amide bonds. The van der Waals surface area contributed by atoms with Crippen LogP contribution < -0.4 is 0 Å². The largest absolute Gasteiger partial charge is 0.381 e. The number of hydrogen-bond donors (Lipinski definition) is 0. The maximum Gasteiger partial charge on any atom is 0.0599 e. The summed E-state index contributed by atoms with van der Waals surface area (Å²) in [6.07, 6.45) is 3.15. The van der Waals surface area contributed by atoms with Crippen LogP contribution in [0.15, 0.2) is 0 Å². The fourth-order valence-corrected chi connectivity index (χ4v) is 2.43. The first-order valence-electron chi connectivity index (χ1n) is 4.69. The summed E-state index contributed by atoms with van der Waals surface area (Å²) in [5.74, 6) is 2.48. The van der Waals surface area contributed by atoms with E-state index in [4.69, 9.17) is 4.74 Å². The summed E-state index contributed by atoms with van der Waals surface area (Å²) in [4.78, 5) is 0. The Bertz CT molecular complexity index is 120. The van der Waals surface area contributed by atoms with E-state index in [1.54, 1.807) is 0 Å². The molecule has 0 N–H and O–H groups in total. The number of rotatable bonds is 2. The molecule has 1 nitrogen and oxygen atoms in total. The topological polar surface area (TPSA) is 9.23 Å². The van der Waals surface area contributed by atoms with Crippen molar-refractivity contribution in [2.75, 3.05) is 7.11 Å². The van der Waals surface area contributed by atoms with Crippen molar-refractivity contribution in [1.29, 1.82) is 0 Å². The molecule has 0 radical (unpaired) electrons. The summed E-state index contributed by atoms with van der Waals surface area (Å²) in [6.45, 7) is 6.96. The molecule has 0 saturated heterocycles. The first kappa shape index (κ1) is 9.05. The Morgan fingerprint density at radius 2 is 1.91 bits per heavy atom. The molecule has 1 fully saturated rings. The van der Waals surface area contributed by atoms with Crippen molar-refractivity contribution in [3.63, 3.8) is 0 Å². The zero-order valence-corrected chi connectivity index (χ0v) is 8.13. The molecule has 0 spiro atoms. The Kier molecular flexibility index (Phi) is 2.94. The predicted octanol–water partition coefficient (Wildman–Crippen LogP) is 2.70. The Morgan fingerprint density at radius 3 is 2.18 bits per heavy atom. The zero-order valence-electron chi connectivity index (χ0n) is 8.13. The molecule has 66 valence electrons. The summed E-state index contributed by atoms with van der Waals surface area (Å²) in [5.41, 5.74) is 0. The second-order valence-corrected chi connectivity index (χ2v) is 4.12. The lowest BCUT2D eigenvalue weighted by Crippen LogP contribution is -2.20. The van der Waals surface area contributed by atoms with E-state index >= 15 is 0 Å². The highest BCUT2D eigenvalue weighted by Gasteiger charge is 2.34. The number of methoxy groups -OCH3 is 1. The summed E-state index contributed by atoms with van der Waals surface area (Å²) < 4.78 is 5.40. The lowest BCUT2D eigenvalue weighted by atomic mass is 9.87. The zero-order chi connectivity index (χ0) is 8.43. The van der Waals surface area contributed by atoms with Crippen molar-refractivity contribution in [1.82, 2.24) is 0 Å². The van der Waals surface area contributed by atoms with Gasteiger partial charge in [-0.25, -0.2) is 0 Å². The highest BCUT2D eigenvalue weighted by atomic mass is 16.5. The van der Waals surface area contributed by atoms with Gasteiger partial charge in [0.1, 0.15) is 0 Å². The monoisotopic (exact) mass is 156 g/mol. The van der Waals surface area contributed by atoms with E-state index in [2.05, 4.69) is 20.8 Å². The molecule has 1 rings (SSSR count). The molecule has 11 heavy (non-hydrogen) atoms. The quantitative estimate of drug-likeness (QED) is 0.597. The van der Waals surface area contributed by atoms with Crippen molar-refractivity contribution in [3.05, 3.63) is 0 Å². The number of hydrogen-bond acceptors (Lipinski definition) is 1. The molecule has 1 saturated carbocycles. The van der Waals surface area contributed by atoms with Crippen LogP contribution in [-0.4, -0.2) is 13.2 Å². The van der Waals surface area contributed by atoms with Gasteiger partial charge >= 0.3 is 0 Å². The van der Waals surface area contributed by atoms with E-state index in [0.29, 0.717) is 6.10 Å². The van der Waals surface area contributed by atoms with Crippen molar-refractivity contribution in [2.24, 2.45) is 17.8 Å². The molecular formula is C10H20O. The van der Waals surface area contributed by atoms with Gasteiger partial charge in [0.25, 0.3) is 0 Å². The predicted molar refractivity (Wildman–Crippen MR) is 47.5 cm³/mol. The molecule has 0 unspecified atom stereocenters. The Hall–Kier alpha value is -0.0400. The molecule has 0 heterocycles. The van der Waals surface area contributed by atoms with Crippen molar-refractivity contribution >= 4 is 0 Å². The molecule has 1 aliphatic rings. The van der Waals surface area contributed by atoms with Crippen LogP contribution in [0, 0.1) is 17.8 Å². The van der Waals surface area contributed by atoms with Gasteiger partial charge in [0.2, 0.25) is 0 Å². The van der Waals surface area contributed by atoms with Crippen LogP contribution in [0.25, 0.3) is 0 Å². The van der Waals surface area contributed by atoms with Crippen molar-refractivity contribution in [3.8, 4) is 0 Å². The van der Waals surface area contributed by atoms with E-state index < -0.39 is 0 Å². The molecule has 0 aliphatic heterocycles. The smallest absolute Gasteiger partial charge is 0.0599 e. The van der Waals surface area contributed by atoms with Gasteiger partial charge < -0.3 is 4.74 Å². The lowest BCUT2D eigenvalue weighted by Gasteiger charge is -2.22. The summed E-state index contributed by atoms with van der Waals surface area (Å²) in [7, 11) is 1.84. The summed E-state index contributed by atoms with van der Waals surface area (Å²) in [5, 5.41) is 0. The SMILES string of the molecule is CO[C@H]1CC[C@H](C(C)C)[C@@H]1C. The molecule has 0 aromatic heterocycles. The summed E-state index contributed by atoms with van der Waals surface area (Å²) in [6, 6.07) is 0. The molecule has 0 aromatic rings. The van der Waals surface area contributed by atoms with Crippen LogP contribution >= 0.6 is 0 Å². The normalized spacial score (nSPS) is 38.5. The third-order valence-electron chi connectivity index (χ3n) is 3.21. The van der Waals surface area contributed by atoms with Gasteiger partial charge in [0.05, 0.1) is 6.10 Å². The summed E-state index contributed by atoms with van der Waals surface area (Å²) >= 11 is 0. The van der Waals surface area contributed by atoms with Gasteiger partial charge in [0.15, 0.2) is 0 Å². The minimum atomic E-state index is 0.530. The molecule has 1 aliphatic carbocycles. The van der Waals surface area contributed by atoms with Crippen LogP contribution in [0.5, 0.6) is 0 Å². The van der Waals surface area contributed by atoms with Crippen LogP contribution in [-0.2, 0) is 4.74 Å². The van der Waals surface area contributed by atoms with Crippen molar-refractivity contribution in [2.45, 2.75) is 39.7 Å². The average molecular weight is 156 g/mol. The molecule has 3 atom stereocenters. The Morgan fingerprint density at radius 1 is 1.27 bits per heavy atom. The van der Waals surface area contributed by atoms with Gasteiger partial charge in [-0.3, -0.25) is 0 Å². The van der Waals surface area contributed by atoms with E-state index in [9.17, 15) is 0 Å². The van der Waals surface area contributed by atoms with Crippen LogP contribution in [0.2, 0.25) is 0 Å². The Balaban J connectivity index is 2.48. The second kappa shape index (κ2) is 3.57. The van der Waals surface area contributed by atoms with Crippen LogP contribution in [0.4, 0.5) is 0 Å². The van der Waals surface area contributed by atoms with Crippen molar-refractivity contribution < 1.29 is 4.74 Å². The van der Waals surface area contributed by atoms with E-state index in [-0.39, 0.29) is 0 Å². The third kappa shape index (κ3) is 1.76. The van der Waals surface area contributed by atoms with Gasteiger partial charge in [-0.05, 0) is 30.6 Å². The van der Waals surface area contributed by atoms with E-state index in [1.807, 2.05) is 7.11 Å². The highest BCUT2D eigenvalue weighted by molar-refractivity contribution is 4.84. The fraction of sp³-hybridized carbons (Fsp3) is 1.00. The highest BCUT2D eigenvalue weighted by Crippen LogP contribution is 2.37. The minimum absolute atomic E-state index is 0.530. The van der Waals surface area contributed by atoms with Gasteiger partial charge in [-0.2, -0.15) is 0 Å². The maximum atomic E-state index is 5.40. The minimum Gasteiger partial charge on any atom is -0.381 e. The van der Waals surface area contributed by atoms with E-state index in [0.717, 1.165) is 17.8 Å². The Labute approximate surface area is 70.1 Å².